The molecule has 0 radical (unpaired) electrons. The van der Waals surface area contributed by atoms with Crippen LogP contribution in [0.25, 0.3) is 0 Å². The van der Waals surface area contributed by atoms with Crippen molar-refractivity contribution in [2.75, 3.05) is 31.6 Å². The number of hydrogen-bond donors (Lipinski definition) is 1. The lowest BCUT2D eigenvalue weighted by Crippen LogP contribution is -2.48. The van der Waals surface area contributed by atoms with Crippen molar-refractivity contribution < 1.29 is 9.13 Å². The van der Waals surface area contributed by atoms with Crippen LogP contribution in [0.3, 0.4) is 0 Å². The van der Waals surface area contributed by atoms with E-state index in [4.69, 9.17) is 4.74 Å². The number of hydrogen-bond acceptors (Lipinski definition) is 3. The summed E-state index contributed by atoms with van der Waals surface area (Å²) in [5, 5.41) is 3.32. The minimum atomic E-state index is -0.150. The molecule has 1 heterocycles. The van der Waals surface area contributed by atoms with Crippen molar-refractivity contribution in [1.29, 1.82) is 0 Å². The van der Waals surface area contributed by atoms with E-state index in [9.17, 15) is 4.39 Å². The Kier molecular flexibility index (Phi) is 5.22. The van der Waals surface area contributed by atoms with Crippen LogP contribution in [0.15, 0.2) is 18.2 Å². The molecular weight excluding hydrogens is 267 g/mol. The Balaban J connectivity index is 2.32. The van der Waals surface area contributed by atoms with Crippen LogP contribution in [-0.2, 0) is 4.74 Å². The van der Waals surface area contributed by atoms with Crippen LogP contribution >= 0.6 is 0 Å². The van der Waals surface area contributed by atoms with Crippen molar-refractivity contribution in [2.45, 2.75) is 45.3 Å². The summed E-state index contributed by atoms with van der Waals surface area (Å²) in [6.07, 6.45) is 2.11. The summed E-state index contributed by atoms with van der Waals surface area (Å²) in [5.74, 6) is -0.134. The van der Waals surface area contributed by atoms with Gasteiger partial charge in [-0.1, -0.05) is 13.0 Å². The molecule has 1 saturated heterocycles. The van der Waals surface area contributed by atoms with Crippen LogP contribution < -0.4 is 10.2 Å². The van der Waals surface area contributed by atoms with E-state index in [0.29, 0.717) is 0 Å². The van der Waals surface area contributed by atoms with Gasteiger partial charge in [0.1, 0.15) is 5.82 Å². The smallest absolute Gasteiger partial charge is 0.130 e. The molecule has 2 rings (SSSR count). The molecule has 0 aliphatic carbocycles. The SMILES string of the molecule is CCNC(C)c1c(F)cccc1N1CCCC(C)(OC)C1. The van der Waals surface area contributed by atoms with Gasteiger partial charge in [-0.3, -0.25) is 0 Å². The van der Waals surface area contributed by atoms with Gasteiger partial charge in [0.05, 0.1) is 5.60 Å². The zero-order valence-electron chi connectivity index (χ0n) is 13.6. The molecule has 1 aromatic rings. The summed E-state index contributed by atoms with van der Waals surface area (Å²) in [6, 6.07) is 5.37. The van der Waals surface area contributed by atoms with Gasteiger partial charge in [-0.25, -0.2) is 4.39 Å². The van der Waals surface area contributed by atoms with E-state index in [1.54, 1.807) is 19.2 Å². The molecule has 1 aliphatic heterocycles. The molecule has 2 atom stereocenters. The van der Waals surface area contributed by atoms with Gasteiger partial charge in [0.2, 0.25) is 0 Å². The summed E-state index contributed by atoms with van der Waals surface area (Å²) >= 11 is 0. The van der Waals surface area contributed by atoms with E-state index in [0.717, 1.165) is 43.7 Å². The minimum absolute atomic E-state index is 0.00178. The zero-order chi connectivity index (χ0) is 15.5. The largest absolute Gasteiger partial charge is 0.377 e. The second-order valence-corrected chi connectivity index (χ2v) is 6.13. The van der Waals surface area contributed by atoms with Crippen molar-refractivity contribution in [3.8, 4) is 0 Å². The highest BCUT2D eigenvalue weighted by Crippen LogP contribution is 2.33. The predicted molar refractivity (Wildman–Crippen MR) is 85.4 cm³/mol. The van der Waals surface area contributed by atoms with Gasteiger partial charge < -0.3 is 15.0 Å². The van der Waals surface area contributed by atoms with Gasteiger partial charge in [0, 0.05) is 37.5 Å². The monoisotopic (exact) mass is 294 g/mol. The van der Waals surface area contributed by atoms with Gasteiger partial charge in [0.25, 0.3) is 0 Å². The van der Waals surface area contributed by atoms with Crippen molar-refractivity contribution in [3.05, 3.63) is 29.6 Å². The second kappa shape index (κ2) is 6.75. The molecule has 1 N–H and O–H groups in total. The maximum absolute atomic E-state index is 14.4. The second-order valence-electron chi connectivity index (χ2n) is 6.13. The molecule has 1 aromatic carbocycles. The first-order chi connectivity index (χ1) is 10.0. The maximum Gasteiger partial charge on any atom is 0.130 e. The summed E-state index contributed by atoms with van der Waals surface area (Å²) in [5.41, 5.74) is 1.61. The molecule has 0 bridgehead atoms. The van der Waals surface area contributed by atoms with Crippen LogP contribution in [0.2, 0.25) is 0 Å². The van der Waals surface area contributed by atoms with Crippen molar-refractivity contribution in [1.82, 2.24) is 5.32 Å². The quantitative estimate of drug-likeness (QED) is 0.899. The van der Waals surface area contributed by atoms with Crippen molar-refractivity contribution >= 4 is 5.69 Å². The molecule has 3 nitrogen and oxygen atoms in total. The van der Waals surface area contributed by atoms with E-state index < -0.39 is 0 Å². The number of nitrogens with one attached hydrogen (secondary N) is 1. The molecule has 21 heavy (non-hydrogen) atoms. The molecule has 0 aromatic heterocycles. The average molecular weight is 294 g/mol. The van der Waals surface area contributed by atoms with E-state index in [-0.39, 0.29) is 17.5 Å². The Morgan fingerprint density at radius 1 is 1.48 bits per heavy atom. The topological polar surface area (TPSA) is 24.5 Å². The lowest BCUT2D eigenvalue weighted by molar-refractivity contribution is -0.00471. The molecule has 0 saturated carbocycles. The molecule has 1 aliphatic rings. The Morgan fingerprint density at radius 2 is 2.24 bits per heavy atom. The molecule has 1 fully saturated rings. The fourth-order valence-corrected chi connectivity index (χ4v) is 3.22. The molecular formula is C17H27FN2O. The summed E-state index contributed by atoms with van der Waals surface area (Å²) < 4.78 is 20.0. The van der Waals surface area contributed by atoms with Crippen LogP contribution in [0.4, 0.5) is 10.1 Å². The number of methoxy groups -OCH3 is 1. The third-order valence-corrected chi connectivity index (χ3v) is 4.47. The number of halogens is 1. The number of rotatable bonds is 5. The predicted octanol–water partition coefficient (Wildman–Crippen LogP) is 3.50. The molecule has 0 spiro atoms. The van der Waals surface area contributed by atoms with Crippen molar-refractivity contribution in [2.24, 2.45) is 0 Å². The minimum Gasteiger partial charge on any atom is -0.377 e. The first kappa shape index (κ1) is 16.2. The zero-order valence-corrected chi connectivity index (χ0v) is 13.6. The Morgan fingerprint density at radius 3 is 2.90 bits per heavy atom. The van der Waals surface area contributed by atoms with Gasteiger partial charge in [-0.15, -0.1) is 0 Å². The summed E-state index contributed by atoms with van der Waals surface area (Å²) in [6.45, 7) is 8.77. The number of nitrogens with zero attached hydrogens (tertiary/aromatic N) is 1. The number of anilines is 1. The third-order valence-electron chi connectivity index (χ3n) is 4.47. The highest BCUT2D eigenvalue weighted by Gasteiger charge is 2.32. The first-order valence-corrected chi connectivity index (χ1v) is 7.82. The van der Waals surface area contributed by atoms with Gasteiger partial charge in [0.15, 0.2) is 0 Å². The lowest BCUT2D eigenvalue weighted by Gasteiger charge is -2.41. The summed E-state index contributed by atoms with van der Waals surface area (Å²) in [4.78, 5) is 2.26. The number of piperidine rings is 1. The molecule has 0 amide bonds. The van der Waals surface area contributed by atoms with Gasteiger partial charge in [-0.05, 0) is 45.4 Å². The number of ether oxygens (including phenoxy) is 1. The highest BCUT2D eigenvalue weighted by atomic mass is 19.1. The fraction of sp³-hybridized carbons (Fsp3) is 0.647. The average Bonchev–Trinajstić information content (AvgIpc) is 2.47. The van der Waals surface area contributed by atoms with E-state index in [1.807, 2.05) is 19.9 Å². The van der Waals surface area contributed by atoms with Gasteiger partial charge >= 0.3 is 0 Å². The fourth-order valence-electron chi connectivity index (χ4n) is 3.22. The normalized spacial score (nSPS) is 24.1. The van der Waals surface area contributed by atoms with E-state index in [2.05, 4.69) is 17.1 Å². The highest BCUT2D eigenvalue weighted by molar-refractivity contribution is 5.56. The van der Waals surface area contributed by atoms with E-state index >= 15 is 0 Å². The van der Waals surface area contributed by atoms with Crippen molar-refractivity contribution in [3.63, 3.8) is 0 Å². The summed E-state index contributed by atoms with van der Waals surface area (Å²) in [7, 11) is 1.76. The Bertz CT molecular complexity index is 480. The molecule has 2 unspecified atom stereocenters. The van der Waals surface area contributed by atoms with Crippen LogP contribution in [0.1, 0.15) is 45.2 Å². The standard InChI is InChI=1S/C17H27FN2O/c1-5-19-13(2)16-14(18)8-6-9-15(16)20-11-7-10-17(3,12-20)21-4/h6,8-9,13,19H,5,7,10-12H2,1-4H3. The van der Waals surface area contributed by atoms with Crippen LogP contribution in [0.5, 0.6) is 0 Å². The van der Waals surface area contributed by atoms with Gasteiger partial charge in [-0.2, -0.15) is 0 Å². The Labute approximate surface area is 127 Å². The Hall–Kier alpha value is -1.13. The third kappa shape index (κ3) is 3.55. The molecule has 118 valence electrons. The lowest BCUT2D eigenvalue weighted by atomic mass is 9.93. The molecule has 4 heteroatoms. The number of benzene rings is 1. The maximum atomic E-state index is 14.4. The first-order valence-electron chi connectivity index (χ1n) is 7.82. The van der Waals surface area contributed by atoms with E-state index in [1.165, 1.54) is 0 Å². The van der Waals surface area contributed by atoms with Crippen LogP contribution in [0, 0.1) is 5.82 Å². The van der Waals surface area contributed by atoms with Crippen LogP contribution in [-0.4, -0.2) is 32.3 Å².